The summed E-state index contributed by atoms with van der Waals surface area (Å²) >= 11 is 0. The summed E-state index contributed by atoms with van der Waals surface area (Å²) in [5, 5.41) is 9.46. The molecule has 9 nitrogen and oxygen atoms in total. The van der Waals surface area contributed by atoms with Crippen LogP contribution in [0.1, 0.15) is 36.5 Å². The molecule has 2 N–H and O–H groups in total. The van der Waals surface area contributed by atoms with Gasteiger partial charge >= 0.3 is 6.03 Å². The SMILES string of the molecule is CCOc1ccccc1NC(=O)NCc1nc([C@@H]2CC(=O)N(Cc3ccccc3)C2)no1. The van der Waals surface area contributed by atoms with Crippen molar-refractivity contribution in [1.82, 2.24) is 20.4 Å². The predicted molar refractivity (Wildman–Crippen MR) is 117 cm³/mol. The average Bonchev–Trinajstić information content (AvgIpc) is 3.41. The number of amides is 3. The van der Waals surface area contributed by atoms with Crippen molar-refractivity contribution in [3.63, 3.8) is 0 Å². The van der Waals surface area contributed by atoms with Crippen molar-refractivity contribution in [2.24, 2.45) is 0 Å². The maximum atomic E-state index is 12.4. The number of rotatable bonds is 8. The highest BCUT2D eigenvalue weighted by Gasteiger charge is 2.33. The minimum absolute atomic E-state index is 0.0654. The van der Waals surface area contributed by atoms with Gasteiger partial charge in [0.1, 0.15) is 5.75 Å². The maximum absolute atomic E-state index is 12.4. The largest absolute Gasteiger partial charge is 0.492 e. The van der Waals surface area contributed by atoms with Gasteiger partial charge < -0.3 is 24.8 Å². The van der Waals surface area contributed by atoms with Crippen LogP contribution in [0.3, 0.4) is 0 Å². The van der Waals surface area contributed by atoms with Crippen LogP contribution in [0.5, 0.6) is 5.75 Å². The number of anilines is 1. The summed E-state index contributed by atoms with van der Waals surface area (Å²) in [6.07, 6.45) is 0.341. The molecule has 3 amide bonds. The highest BCUT2D eigenvalue weighted by molar-refractivity contribution is 5.90. The van der Waals surface area contributed by atoms with Crippen molar-refractivity contribution in [2.75, 3.05) is 18.5 Å². The van der Waals surface area contributed by atoms with E-state index in [2.05, 4.69) is 20.8 Å². The molecule has 1 aromatic heterocycles. The summed E-state index contributed by atoms with van der Waals surface area (Å²) in [4.78, 5) is 30.8. The number of carbonyl (C=O) groups excluding carboxylic acids is 2. The molecule has 166 valence electrons. The van der Waals surface area contributed by atoms with E-state index in [9.17, 15) is 9.59 Å². The van der Waals surface area contributed by atoms with Crippen LogP contribution in [0.25, 0.3) is 0 Å². The van der Waals surface area contributed by atoms with E-state index in [0.717, 1.165) is 5.56 Å². The lowest BCUT2D eigenvalue weighted by Crippen LogP contribution is -2.28. The van der Waals surface area contributed by atoms with Crippen LogP contribution in [-0.4, -0.2) is 40.1 Å². The Balaban J connectivity index is 1.30. The molecule has 1 aliphatic rings. The first kappa shape index (κ1) is 21.4. The molecule has 0 spiro atoms. The molecular formula is C23H25N5O4. The number of urea groups is 1. The first-order valence-corrected chi connectivity index (χ1v) is 10.5. The molecule has 2 aromatic carbocycles. The van der Waals surface area contributed by atoms with E-state index in [0.29, 0.717) is 43.4 Å². The summed E-state index contributed by atoms with van der Waals surface area (Å²) in [6.45, 7) is 3.55. The average molecular weight is 435 g/mol. The Bertz CT molecular complexity index is 1070. The monoisotopic (exact) mass is 435 g/mol. The molecule has 3 aromatic rings. The van der Waals surface area contributed by atoms with E-state index in [4.69, 9.17) is 9.26 Å². The van der Waals surface area contributed by atoms with Gasteiger partial charge in [0.15, 0.2) is 5.82 Å². The molecule has 32 heavy (non-hydrogen) atoms. The lowest BCUT2D eigenvalue weighted by atomic mass is 10.1. The third-order valence-electron chi connectivity index (χ3n) is 5.11. The minimum atomic E-state index is -0.415. The zero-order valence-electron chi connectivity index (χ0n) is 17.8. The van der Waals surface area contributed by atoms with E-state index in [1.54, 1.807) is 17.0 Å². The maximum Gasteiger partial charge on any atom is 0.319 e. The highest BCUT2D eigenvalue weighted by Crippen LogP contribution is 2.27. The normalized spacial score (nSPS) is 15.6. The van der Waals surface area contributed by atoms with Gasteiger partial charge in [-0.05, 0) is 24.6 Å². The fourth-order valence-corrected chi connectivity index (χ4v) is 3.58. The van der Waals surface area contributed by atoms with E-state index in [-0.39, 0.29) is 24.3 Å². The topological polar surface area (TPSA) is 110 Å². The van der Waals surface area contributed by atoms with Gasteiger partial charge in [-0.15, -0.1) is 0 Å². The van der Waals surface area contributed by atoms with Crippen molar-refractivity contribution in [1.29, 1.82) is 0 Å². The Morgan fingerprint density at radius 1 is 1.19 bits per heavy atom. The van der Waals surface area contributed by atoms with Crippen molar-refractivity contribution in [2.45, 2.75) is 32.4 Å². The Morgan fingerprint density at radius 3 is 2.78 bits per heavy atom. The number of likely N-dealkylation sites (tertiary alicyclic amines) is 1. The quantitative estimate of drug-likeness (QED) is 0.562. The zero-order valence-corrected chi connectivity index (χ0v) is 17.8. The van der Waals surface area contributed by atoms with Crippen molar-refractivity contribution in [3.05, 3.63) is 71.9 Å². The van der Waals surface area contributed by atoms with Crippen molar-refractivity contribution < 1.29 is 18.8 Å². The molecular weight excluding hydrogens is 410 g/mol. The van der Waals surface area contributed by atoms with Crippen LogP contribution in [0.4, 0.5) is 10.5 Å². The summed E-state index contributed by atoms with van der Waals surface area (Å²) in [5.74, 6) is 1.29. The highest BCUT2D eigenvalue weighted by atomic mass is 16.5. The lowest BCUT2D eigenvalue weighted by molar-refractivity contribution is -0.128. The Kier molecular flexibility index (Phi) is 6.64. The number of nitrogens with zero attached hydrogens (tertiary/aromatic N) is 3. The van der Waals surface area contributed by atoms with Crippen LogP contribution in [0, 0.1) is 0 Å². The summed E-state index contributed by atoms with van der Waals surface area (Å²) in [7, 11) is 0. The second kappa shape index (κ2) is 9.95. The standard InChI is InChI=1S/C23H25N5O4/c1-2-31-19-11-7-6-10-18(19)25-23(30)24-13-20-26-22(27-32-20)17-12-21(29)28(15-17)14-16-8-4-3-5-9-16/h3-11,17H,2,12-15H2,1H3,(H2,24,25,30)/t17-/m1/s1. The lowest BCUT2D eigenvalue weighted by Gasteiger charge is -2.15. The van der Waals surface area contributed by atoms with E-state index < -0.39 is 6.03 Å². The van der Waals surface area contributed by atoms with E-state index in [1.807, 2.05) is 49.4 Å². The van der Waals surface area contributed by atoms with Gasteiger partial charge in [-0.3, -0.25) is 4.79 Å². The Labute approximate surface area is 185 Å². The Morgan fingerprint density at radius 2 is 1.97 bits per heavy atom. The number of aromatic nitrogens is 2. The molecule has 0 bridgehead atoms. The number of carbonyl (C=O) groups is 2. The summed E-state index contributed by atoms with van der Waals surface area (Å²) < 4.78 is 10.8. The fraction of sp³-hybridized carbons (Fsp3) is 0.304. The molecule has 1 atom stereocenters. The number of ether oxygens (including phenoxy) is 1. The van der Waals surface area contributed by atoms with Gasteiger partial charge in [-0.25, -0.2) is 4.79 Å². The predicted octanol–water partition coefficient (Wildman–Crippen LogP) is 3.31. The molecule has 9 heteroatoms. The molecule has 0 radical (unpaired) electrons. The van der Waals surface area contributed by atoms with Gasteiger partial charge in [-0.2, -0.15) is 4.98 Å². The first-order chi connectivity index (χ1) is 15.6. The number of hydrogen-bond donors (Lipinski definition) is 2. The first-order valence-electron chi connectivity index (χ1n) is 10.5. The smallest absolute Gasteiger partial charge is 0.319 e. The molecule has 1 fully saturated rings. The second-order valence-electron chi connectivity index (χ2n) is 7.44. The van der Waals surface area contributed by atoms with Crippen LogP contribution in [0.15, 0.2) is 59.1 Å². The molecule has 4 rings (SSSR count). The molecule has 0 saturated carbocycles. The number of benzene rings is 2. The zero-order chi connectivity index (χ0) is 22.3. The Hall–Kier alpha value is -3.88. The number of nitrogens with one attached hydrogen (secondary N) is 2. The molecule has 0 aliphatic carbocycles. The third-order valence-corrected chi connectivity index (χ3v) is 5.11. The van der Waals surface area contributed by atoms with Crippen LogP contribution >= 0.6 is 0 Å². The molecule has 2 heterocycles. The second-order valence-corrected chi connectivity index (χ2v) is 7.44. The van der Waals surface area contributed by atoms with Crippen LogP contribution in [-0.2, 0) is 17.9 Å². The van der Waals surface area contributed by atoms with Crippen LogP contribution < -0.4 is 15.4 Å². The van der Waals surface area contributed by atoms with Crippen molar-refractivity contribution >= 4 is 17.6 Å². The van der Waals surface area contributed by atoms with Crippen LogP contribution in [0.2, 0.25) is 0 Å². The molecule has 1 saturated heterocycles. The van der Waals surface area contributed by atoms with E-state index >= 15 is 0 Å². The van der Waals surface area contributed by atoms with Gasteiger partial charge in [0.05, 0.1) is 18.8 Å². The van der Waals surface area contributed by atoms with Gasteiger partial charge in [0, 0.05) is 25.4 Å². The minimum Gasteiger partial charge on any atom is -0.492 e. The molecule has 0 unspecified atom stereocenters. The fourth-order valence-electron chi connectivity index (χ4n) is 3.58. The van der Waals surface area contributed by atoms with E-state index in [1.165, 1.54) is 0 Å². The summed E-state index contributed by atoms with van der Waals surface area (Å²) in [6, 6.07) is 16.6. The van der Waals surface area contributed by atoms with Gasteiger partial charge in [-0.1, -0.05) is 47.6 Å². The molecule has 1 aliphatic heterocycles. The van der Waals surface area contributed by atoms with Crippen molar-refractivity contribution in [3.8, 4) is 5.75 Å². The van der Waals surface area contributed by atoms with Gasteiger partial charge in [0.25, 0.3) is 0 Å². The van der Waals surface area contributed by atoms with Gasteiger partial charge in [0.2, 0.25) is 11.8 Å². The summed E-state index contributed by atoms with van der Waals surface area (Å²) in [5.41, 5.74) is 1.65. The number of para-hydroxylation sites is 2. The number of hydrogen-bond acceptors (Lipinski definition) is 6. The third kappa shape index (κ3) is 5.23.